The number of amides is 2. The molecule has 5 heteroatoms. The summed E-state index contributed by atoms with van der Waals surface area (Å²) >= 11 is 0. The zero-order valence-corrected chi connectivity index (χ0v) is 11.8. The van der Waals surface area contributed by atoms with Crippen molar-refractivity contribution in [2.24, 2.45) is 5.41 Å². The Morgan fingerprint density at radius 3 is 2.68 bits per heavy atom. The first kappa shape index (κ1) is 15.4. The number of carbonyl (C=O) groups excluding carboxylic acids is 1. The second-order valence-electron chi connectivity index (χ2n) is 5.60. The molecular formula is C14H22N2O3. The van der Waals surface area contributed by atoms with Crippen molar-refractivity contribution in [1.82, 2.24) is 10.2 Å². The molecule has 1 fully saturated rings. The van der Waals surface area contributed by atoms with Crippen LogP contribution in [0.2, 0.25) is 0 Å². The zero-order chi connectivity index (χ0) is 14.6. The van der Waals surface area contributed by atoms with E-state index in [0.717, 1.165) is 12.8 Å². The van der Waals surface area contributed by atoms with E-state index in [9.17, 15) is 14.7 Å². The Kier molecular flexibility index (Phi) is 4.82. The number of urea groups is 1. The third kappa shape index (κ3) is 3.40. The monoisotopic (exact) mass is 266 g/mol. The molecule has 19 heavy (non-hydrogen) atoms. The second-order valence-corrected chi connectivity index (χ2v) is 5.60. The summed E-state index contributed by atoms with van der Waals surface area (Å²) in [6, 6.07) is -1.55. The minimum Gasteiger partial charge on any atom is -0.480 e. The van der Waals surface area contributed by atoms with Crippen LogP contribution in [0.5, 0.6) is 0 Å². The second kappa shape index (κ2) is 5.96. The van der Waals surface area contributed by atoms with Crippen LogP contribution in [0, 0.1) is 17.8 Å². The van der Waals surface area contributed by atoms with E-state index in [1.807, 2.05) is 20.8 Å². The van der Waals surface area contributed by atoms with E-state index in [4.69, 9.17) is 6.42 Å². The first-order valence-electron chi connectivity index (χ1n) is 6.59. The maximum absolute atomic E-state index is 12.2. The van der Waals surface area contributed by atoms with Crippen LogP contribution >= 0.6 is 0 Å². The predicted molar refractivity (Wildman–Crippen MR) is 72.6 cm³/mol. The van der Waals surface area contributed by atoms with Crippen LogP contribution in [0.3, 0.4) is 0 Å². The average Bonchev–Trinajstić information content (AvgIpc) is 2.33. The van der Waals surface area contributed by atoms with E-state index in [1.54, 1.807) is 0 Å². The third-order valence-corrected chi connectivity index (χ3v) is 3.67. The number of hydrogen-bond acceptors (Lipinski definition) is 2. The van der Waals surface area contributed by atoms with Crippen molar-refractivity contribution in [2.75, 3.05) is 6.54 Å². The number of hydrogen-bond donors (Lipinski definition) is 2. The molecule has 0 aromatic carbocycles. The van der Waals surface area contributed by atoms with Crippen LogP contribution < -0.4 is 5.32 Å². The van der Waals surface area contributed by atoms with Crippen LogP contribution in [-0.2, 0) is 4.79 Å². The number of carboxylic acid groups (broad SMARTS) is 1. The van der Waals surface area contributed by atoms with Gasteiger partial charge in [-0.25, -0.2) is 9.59 Å². The minimum atomic E-state index is -0.964. The molecule has 0 aliphatic carbocycles. The molecule has 2 N–H and O–H groups in total. The van der Waals surface area contributed by atoms with Crippen molar-refractivity contribution in [3.05, 3.63) is 0 Å². The lowest BCUT2D eigenvalue weighted by molar-refractivity contribution is -0.148. The predicted octanol–water partition coefficient (Wildman–Crippen LogP) is 1.68. The number of rotatable bonds is 3. The fourth-order valence-electron chi connectivity index (χ4n) is 2.57. The van der Waals surface area contributed by atoms with E-state index in [-0.39, 0.29) is 12.1 Å². The van der Waals surface area contributed by atoms with E-state index < -0.39 is 17.4 Å². The smallest absolute Gasteiger partial charge is 0.327 e. The van der Waals surface area contributed by atoms with Crippen molar-refractivity contribution in [1.29, 1.82) is 0 Å². The Hall–Kier alpha value is -1.70. The summed E-state index contributed by atoms with van der Waals surface area (Å²) in [5.74, 6) is 1.52. The molecule has 2 unspecified atom stereocenters. The van der Waals surface area contributed by atoms with Gasteiger partial charge in [-0.3, -0.25) is 0 Å². The molecular weight excluding hydrogens is 244 g/mol. The van der Waals surface area contributed by atoms with Crippen LogP contribution in [-0.4, -0.2) is 40.6 Å². The van der Waals surface area contributed by atoms with Crippen LogP contribution in [0.25, 0.3) is 0 Å². The third-order valence-electron chi connectivity index (χ3n) is 3.67. The fraction of sp³-hybridized carbons (Fsp3) is 0.714. The van der Waals surface area contributed by atoms with Crippen LogP contribution in [0.15, 0.2) is 0 Å². The average molecular weight is 266 g/mol. The van der Waals surface area contributed by atoms with Gasteiger partial charge in [0.15, 0.2) is 0 Å². The summed E-state index contributed by atoms with van der Waals surface area (Å²) in [5.41, 5.74) is -0.431. The van der Waals surface area contributed by atoms with Gasteiger partial charge in [0.25, 0.3) is 0 Å². The van der Waals surface area contributed by atoms with Gasteiger partial charge in [-0.1, -0.05) is 26.7 Å². The van der Waals surface area contributed by atoms with E-state index in [1.165, 1.54) is 4.90 Å². The molecule has 5 nitrogen and oxygen atoms in total. The Labute approximate surface area is 114 Å². The highest BCUT2D eigenvalue weighted by Crippen LogP contribution is 2.35. The first-order chi connectivity index (χ1) is 8.83. The molecule has 0 bridgehead atoms. The number of carboxylic acids is 1. The quantitative estimate of drug-likeness (QED) is 0.764. The number of terminal acetylenes is 1. The van der Waals surface area contributed by atoms with Crippen molar-refractivity contribution >= 4 is 12.0 Å². The number of likely N-dealkylation sites (tertiary alicyclic amines) is 1. The van der Waals surface area contributed by atoms with Gasteiger partial charge in [-0.2, -0.15) is 0 Å². The standard InChI is InChI=1S/C14H22N2O3/c1-5-10(6-2)15-13(19)16-9-7-8-14(3,4)11(16)12(17)18/h1,10-11H,6-9H2,2-4H3,(H,15,19)(H,17,18). The van der Waals surface area contributed by atoms with E-state index in [0.29, 0.717) is 13.0 Å². The summed E-state index contributed by atoms with van der Waals surface area (Å²) in [6.07, 6.45) is 7.53. The van der Waals surface area contributed by atoms with Gasteiger partial charge < -0.3 is 15.3 Å². The molecule has 1 heterocycles. The summed E-state index contributed by atoms with van der Waals surface area (Å²) in [5, 5.41) is 12.1. The Bertz CT molecular complexity index is 398. The minimum absolute atomic E-state index is 0.355. The van der Waals surface area contributed by atoms with Gasteiger partial charge in [-0.15, -0.1) is 6.42 Å². The highest BCUT2D eigenvalue weighted by Gasteiger charge is 2.44. The van der Waals surface area contributed by atoms with Gasteiger partial charge in [0.1, 0.15) is 6.04 Å². The lowest BCUT2D eigenvalue weighted by Gasteiger charge is -2.44. The van der Waals surface area contributed by atoms with Crippen LogP contribution in [0.1, 0.15) is 40.0 Å². The van der Waals surface area contributed by atoms with Gasteiger partial charge in [0.2, 0.25) is 0 Å². The lowest BCUT2D eigenvalue weighted by Crippen LogP contribution is -2.59. The molecule has 106 valence electrons. The Morgan fingerprint density at radius 1 is 1.58 bits per heavy atom. The summed E-state index contributed by atoms with van der Waals surface area (Å²) in [7, 11) is 0. The van der Waals surface area contributed by atoms with E-state index >= 15 is 0 Å². The Balaban J connectivity index is 2.87. The molecule has 0 aromatic heterocycles. The number of aliphatic carboxylic acids is 1. The molecule has 1 aliphatic rings. The summed E-state index contributed by atoms with van der Waals surface area (Å²) in [4.78, 5) is 25.0. The van der Waals surface area contributed by atoms with Crippen molar-refractivity contribution in [2.45, 2.75) is 52.1 Å². The van der Waals surface area contributed by atoms with Gasteiger partial charge in [0.05, 0.1) is 6.04 Å². The van der Waals surface area contributed by atoms with Crippen molar-refractivity contribution < 1.29 is 14.7 Å². The topological polar surface area (TPSA) is 69.6 Å². The molecule has 2 atom stereocenters. The summed E-state index contributed by atoms with van der Waals surface area (Å²) in [6.45, 7) is 6.08. The molecule has 0 radical (unpaired) electrons. The maximum atomic E-state index is 12.2. The van der Waals surface area contributed by atoms with E-state index in [2.05, 4.69) is 11.2 Å². The molecule has 2 amide bonds. The first-order valence-corrected chi connectivity index (χ1v) is 6.59. The summed E-state index contributed by atoms with van der Waals surface area (Å²) < 4.78 is 0. The number of piperidine rings is 1. The largest absolute Gasteiger partial charge is 0.480 e. The zero-order valence-electron chi connectivity index (χ0n) is 11.8. The van der Waals surface area contributed by atoms with Gasteiger partial charge >= 0.3 is 12.0 Å². The highest BCUT2D eigenvalue weighted by atomic mass is 16.4. The van der Waals surface area contributed by atoms with Crippen LogP contribution in [0.4, 0.5) is 4.79 Å². The van der Waals surface area contributed by atoms with Crippen molar-refractivity contribution in [3.63, 3.8) is 0 Å². The number of nitrogens with one attached hydrogen (secondary N) is 1. The van der Waals surface area contributed by atoms with Gasteiger partial charge in [-0.05, 0) is 24.7 Å². The van der Waals surface area contributed by atoms with Gasteiger partial charge in [0, 0.05) is 6.54 Å². The highest BCUT2D eigenvalue weighted by molar-refractivity contribution is 5.84. The molecule has 1 aliphatic heterocycles. The molecule has 1 saturated heterocycles. The number of nitrogens with zero attached hydrogens (tertiary/aromatic N) is 1. The normalized spacial score (nSPS) is 23.3. The molecule has 0 spiro atoms. The number of carbonyl (C=O) groups is 2. The lowest BCUT2D eigenvalue weighted by atomic mass is 9.76. The fourth-order valence-corrected chi connectivity index (χ4v) is 2.57. The maximum Gasteiger partial charge on any atom is 0.327 e. The molecule has 0 saturated carbocycles. The molecule has 1 rings (SSSR count). The van der Waals surface area contributed by atoms with Crippen molar-refractivity contribution in [3.8, 4) is 12.3 Å². The SMILES string of the molecule is C#CC(CC)NC(=O)N1CCCC(C)(C)C1C(=O)O. The molecule has 0 aromatic rings. The Morgan fingerprint density at radius 2 is 2.21 bits per heavy atom.